The van der Waals surface area contributed by atoms with Crippen molar-refractivity contribution in [1.82, 2.24) is 30.1 Å². The fourth-order valence-electron chi connectivity index (χ4n) is 4.84. The van der Waals surface area contributed by atoms with Crippen molar-refractivity contribution >= 4 is 17.9 Å². The summed E-state index contributed by atoms with van der Waals surface area (Å²) >= 11 is 0. The number of nitrogens with one attached hydrogen (secondary N) is 1. The number of fused-ring (bicyclic) bond motifs is 1. The molecule has 3 amide bonds. The van der Waals surface area contributed by atoms with E-state index >= 15 is 0 Å². The number of hydrogen-bond acceptors (Lipinski definition) is 8. The van der Waals surface area contributed by atoms with Crippen LogP contribution in [0.2, 0.25) is 0 Å². The van der Waals surface area contributed by atoms with E-state index in [1.165, 1.54) is 12.4 Å². The molecule has 4 heterocycles. The van der Waals surface area contributed by atoms with Crippen LogP contribution in [0.15, 0.2) is 30.7 Å². The van der Waals surface area contributed by atoms with Gasteiger partial charge >= 0.3 is 12.3 Å². The number of aliphatic hydroxyl groups excluding tert-OH is 1. The zero-order valence-corrected chi connectivity index (χ0v) is 23.3. The number of alkyl carbamates (subject to hydrolysis) is 1. The Kier molecular flexibility index (Phi) is 8.99. The van der Waals surface area contributed by atoms with Crippen LogP contribution < -0.4 is 5.32 Å². The van der Waals surface area contributed by atoms with Gasteiger partial charge in [-0.3, -0.25) is 14.6 Å². The van der Waals surface area contributed by atoms with Crippen LogP contribution >= 0.6 is 0 Å². The van der Waals surface area contributed by atoms with E-state index in [-0.39, 0.29) is 36.5 Å². The third-order valence-corrected chi connectivity index (χ3v) is 6.86. The number of amides is 3. The molecule has 15 heteroatoms. The summed E-state index contributed by atoms with van der Waals surface area (Å²) in [5.74, 6) is -3.28. The van der Waals surface area contributed by atoms with Crippen LogP contribution in [0.5, 0.6) is 0 Å². The van der Waals surface area contributed by atoms with Gasteiger partial charge in [-0.15, -0.1) is 0 Å². The fourth-order valence-corrected chi connectivity index (χ4v) is 4.84. The van der Waals surface area contributed by atoms with Gasteiger partial charge in [0, 0.05) is 55.6 Å². The molecule has 0 radical (unpaired) electrons. The monoisotopic (exact) mass is 596 g/mol. The predicted molar refractivity (Wildman–Crippen MR) is 139 cm³/mol. The maximum atomic E-state index is 14.2. The van der Waals surface area contributed by atoms with Crippen molar-refractivity contribution in [2.45, 2.75) is 82.7 Å². The lowest BCUT2D eigenvalue weighted by molar-refractivity contribution is -0.163. The van der Waals surface area contributed by atoms with Crippen LogP contribution in [0, 0.1) is 0 Å². The van der Waals surface area contributed by atoms with E-state index in [1.54, 1.807) is 32.9 Å². The Balaban J connectivity index is 1.59. The average Bonchev–Trinajstić information content (AvgIpc) is 2.91. The molecule has 0 aliphatic carbocycles. The number of hydrogen-bond donors (Lipinski definition) is 2. The number of aromatic nitrogens is 3. The zero-order valence-electron chi connectivity index (χ0n) is 23.3. The van der Waals surface area contributed by atoms with Gasteiger partial charge < -0.3 is 25.0 Å². The topological polar surface area (TPSA) is 138 Å². The van der Waals surface area contributed by atoms with E-state index in [2.05, 4.69) is 20.3 Å². The summed E-state index contributed by atoms with van der Waals surface area (Å²) in [7, 11) is 0. The van der Waals surface area contributed by atoms with Crippen LogP contribution in [0.3, 0.4) is 0 Å². The van der Waals surface area contributed by atoms with Gasteiger partial charge in [-0.1, -0.05) is 0 Å². The van der Waals surface area contributed by atoms with Gasteiger partial charge in [0.15, 0.2) is 12.1 Å². The second kappa shape index (κ2) is 12.2. The third kappa shape index (κ3) is 7.49. The number of halogens is 4. The Hall–Kier alpha value is -3.88. The number of piperidine rings is 1. The van der Waals surface area contributed by atoms with Crippen molar-refractivity contribution in [2.75, 3.05) is 13.1 Å². The van der Waals surface area contributed by atoms with Crippen molar-refractivity contribution < 1.29 is 41.8 Å². The first-order valence-corrected chi connectivity index (χ1v) is 13.3. The first kappa shape index (κ1) is 31.1. The van der Waals surface area contributed by atoms with Crippen molar-refractivity contribution in [3.8, 4) is 11.4 Å². The second-order valence-corrected chi connectivity index (χ2v) is 11.3. The van der Waals surface area contributed by atoms with E-state index in [1.807, 2.05) is 0 Å². The van der Waals surface area contributed by atoms with Gasteiger partial charge in [-0.25, -0.2) is 19.2 Å². The quantitative estimate of drug-likeness (QED) is 0.486. The van der Waals surface area contributed by atoms with Crippen LogP contribution in [-0.4, -0.2) is 91.1 Å². The molecule has 0 aromatic carbocycles. The molecular formula is C27H32F4N6O5. The second-order valence-electron chi connectivity index (χ2n) is 11.3. The molecule has 2 N–H and O–H groups in total. The summed E-state index contributed by atoms with van der Waals surface area (Å²) in [4.78, 5) is 52.5. The Bertz CT molecular complexity index is 1310. The summed E-state index contributed by atoms with van der Waals surface area (Å²) in [5.41, 5.74) is -0.537. The molecule has 4 atom stereocenters. The molecule has 2 aromatic rings. The molecule has 1 saturated heterocycles. The van der Waals surface area contributed by atoms with Crippen LogP contribution in [-0.2, 0) is 20.9 Å². The van der Waals surface area contributed by atoms with Gasteiger partial charge in [0.1, 0.15) is 17.7 Å². The molecule has 228 valence electrons. The lowest BCUT2D eigenvalue weighted by Crippen LogP contribution is -2.56. The number of aliphatic hydroxyl groups is 1. The van der Waals surface area contributed by atoms with Crippen LogP contribution in [0.4, 0.5) is 22.4 Å². The number of pyridine rings is 1. The molecule has 1 fully saturated rings. The third-order valence-electron chi connectivity index (χ3n) is 6.86. The summed E-state index contributed by atoms with van der Waals surface area (Å²) in [6, 6.07) is 1.99. The number of ether oxygens (including phenoxy) is 1. The molecule has 3 unspecified atom stereocenters. The van der Waals surface area contributed by atoms with Crippen LogP contribution in [0.1, 0.15) is 57.2 Å². The number of likely N-dealkylation sites (tertiary alicyclic amines) is 1. The SMILES string of the molecule is CC(C)(C)OC(=O)N[C@@H](CC(=O)N1Cc2nc(-c3ccncc3)ncc2C(C(F)(F)F)C1)CN1C(=O)CCC(F)C1O. The highest BCUT2D eigenvalue weighted by Gasteiger charge is 2.47. The molecule has 2 aromatic heterocycles. The standard InChI is InChI=1S/C27H32F4N6O5/c1-26(2,3)42-25(41)34-16(12-37-21(38)5-4-19(28)24(37)40)10-22(39)36-13-18(27(29,30)31)17-11-33-23(35-20(17)14-36)15-6-8-32-9-7-15/h6-9,11,16,18-19,24,40H,4-5,10,12-14H2,1-3H3,(H,34,41)/t16-,18?,19?,24?/m0/s1. The largest absolute Gasteiger partial charge is 0.444 e. The average molecular weight is 597 g/mol. The zero-order chi connectivity index (χ0) is 30.8. The summed E-state index contributed by atoms with van der Waals surface area (Å²) in [6.07, 6.45) is -6.07. The molecule has 0 spiro atoms. The minimum absolute atomic E-state index is 0.0114. The lowest BCUT2D eigenvalue weighted by atomic mass is 9.93. The molecule has 0 bridgehead atoms. The van der Waals surface area contributed by atoms with E-state index < -0.39 is 73.6 Å². The summed E-state index contributed by atoms with van der Waals surface area (Å²) in [5, 5.41) is 12.7. The van der Waals surface area contributed by atoms with Gasteiger partial charge in [0.05, 0.1) is 18.3 Å². The van der Waals surface area contributed by atoms with E-state index in [9.17, 15) is 37.1 Å². The maximum absolute atomic E-state index is 14.2. The summed E-state index contributed by atoms with van der Waals surface area (Å²) in [6.45, 7) is 3.35. The smallest absolute Gasteiger partial charge is 0.407 e. The highest BCUT2D eigenvalue weighted by molar-refractivity contribution is 5.80. The maximum Gasteiger partial charge on any atom is 0.407 e. The Labute approximate surface area is 239 Å². The molecule has 0 saturated carbocycles. The minimum atomic E-state index is -4.72. The van der Waals surface area contributed by atoms with Gasteiger partial charge in [-0.05, 0) is 39.3 Å². The molecule has 2 aliphatic heterocycles. The van der Waals surface area contributed by atoms with E-state index in [0.717, 1.165) is 16.0 Å². The minimum Gasteiger partial charge on any atom is -0.444 e. The highest BCUT2D eigenvalue weighted by Crippen LogP contribution is 2.40. The van der Waals surface area contributed by atoms with E-state index in [0.29, 0.717) is 5.56 Å². The van der Waals surface area contributed by atoms with Gasteiger partial charge in [-0.2, -0.15) is 13.2 Å². The number of nitrogens with zero attached hydrogens (tertiary/aromatic N) is 5. The molecule has 2 aliphatic rings. The normalized spacial score (nSPS) is 21.9. The number of carbonyl (C=O) groups is 3. The fraction of sp³-hybridized carbons (Fsp3) is 0.556. The molecule has 11 nitrogen and oxygen atoms in total. The Morgan fingerprint density at radius 2 is 1.90 bits per heavy atom. The predicted octanol–water partition coefficient (Wildman–Crippen LogP) is 3.09. The first-order valence-electron chi connectivity index (χ1n) is 13.3. The Morgan fingerprint density at radius 3 is 2.55 bits per heavy atom. The molecular weight excluding hydrogens is 564 g/mol. The number of alkyl halides is 4. The molecule has 4 rings (SSSR count). The van der Waals surface area contributed by atoms with Gasteiger partial charge in [0.2, 0.25) is 11.8 Å². The van der Waals surface area contributed by atoms with Gasteiger partial charge in [0.25, 0.3) is 0 Å². The Morgan fingerprint density at radius 1 is 1.21 bits per heavy atom. The lowest BCUT2D eigenvalue weighted by Gasteiger charge is -2.38. The van der Waals surface area contributed by atoms with E-state index in [4.69, 9.17) is 4.74 Å². The number of carbonyl (C=O) groups excluding carboxylic acids is 3. The number of rotatable bonds is 6. The molecule has 42 heavy (non-hydrogen) atoms. The van der Waals surface area contributed by atoms with Crippen LogP contribution in [0.25, 0.3) is 11.4 Å². The summed E-state index contributed by atoms with van der Waals surface area (Å²) < 4.78 is 61.8. The van der Waals surface area contributed by atoms with Crippen molar-refractivity contribution in [1.29, 1.82) is 0 Å². The first-order chi connectivity index (χ1) is 19.6. The highest BCUT2D eigenvalue weighted by atomic mass is 19.4. The van der Waals surface area contributed by atoms with Crippen molar-refractivity contribution in [3.05, 3.63) is 42.0 Å². The van der Waals surface area contributed by atoms with Crippen molar-refractivity contribution in [3.63, 3.8) is 0 Å². The van der Waals surface area contributed by atoms with Crippen molar-refractivity contribution in [2.24, 2.45) is 0 Å².